The minimum atomic E-state index is -2.97. The number of nitrogens with zero attached hydrogens (tertiary/aromatic N) is 3. The monoisotopic (exact) mass is 388 g/mol. The molecule has 1 atom stereocenters. The first-order valence-electron chi connectivity index (χ1n) is 9.01. The molecule has 1 unspecified atom stereocenters. The van der Waals surface area contributed by atoms with E-state index in [4.69, 9.17) is 0 Å². The predicted octanol–water partition coefficient (Wildman–Crippen LogP) is 1.73. The lowest BCUT2D eigenvalue weighted by molar-refractivity contribution is 0.0945. The van der Waals surface area contributed by atoms with E-state index in [0.29, 0.717) is 25.3 Å². The van der Waals surface area contributed by atoms with Crippen molar-refractivity contribution in [3.8, 4) is 0 Å². The summed E-state index contributed by atoms with van der Waals surface area (Å²) in [6.07, 6.45) is 3.57. The van der Waals surface area contributed by atoms with Crippen LogP contribution in [0.15, 0.2) is 36.7 Å². The number of sulfone groups is 1. The smallest absolute Gasteiger partial charge is 0.271 e. The van der Waals surface area contributed by atoms with E-state index in [2.05, 4.69) is 15.3 Å². The van der Waals surface area contributed by atoms with Crippen LogP contribution in [0.5, 0.6) is 0 Å². The van der Waals surface area contributed by atoms with Gasteiger partial charge in [-0.1, -0.05) is 24.3 Å². The molecule has 144 valence electrons. The molecule has 1 amide bonds. The number of hydrogen-bond donors (Lipinski definition) is 1. The maximum absolute atomic E-state index is 12.3. The second kappa shape index (κ2) is 8.04. The van der Waals surface area contributed by atoms with Gasteiger partial charge >= 0.3 is 0 Å². The predicted molar refractivity (Wildman–Crippen MR) is 104 cm³/mol. The Morgan fingerprint density at radius 1 is 1.26 bits per heavy atom. The van der Waals surface area contributed by atoms with Gasteiger partial charge in [0.25, 0.3) is 5.91 Å². The Morgan fingerprint density at radius 3 is 2.63 bits per heavy atom. The number of amides is 1. The number of aryl methyl sites for hydroxylation is 1. The number of benzene rings is 1. The van der Waals surface area contributed by atoms with Crippen LogP contribution in [0.2, 0.25) is 0 Å². The van der Waals surface area contributed by atoms with Crippen molar-refractivity contribution in [3.05, 3.63) is 53.5 Å². The molecule has 1 aromatic heterocycles. The quantitative estimate of drug-likeness (QED) is 0.810. The van der Waals surface area contributed by atoms with Gasteiger partial charge in [-0.15, -0.1) is 0 Å². The fraction of sp³-hybridized carbons (Fsp3) is 0.421. The molecule has 1 N–H and O–H groups in total. The van der Waals surface area contributed by atoms with Crippen LogP contribution in [-0.2, 0) is 16.4 Å². The third-order valence-corrected chi connectivity index (χ3v) is 6.61. The molecular weight excluding hydrogens is 364 g/mol. The SMILES string of the molecule is CCN(c1cnc(C(=O)NCc2ccccc2C)cn1)C1CCS(=O)(=O)C1. The first-order chi connectivity index (χ1) is 12.9. The van der Waals surface area contributed by atoms with E-state index >= 15 is 0 Å². The Labute approximate surface area is 159 Å². The molecule has 27 heavy (non-hydrogen) atoms. The Kier molecular flexibility index (Phi) is 5.74. The normalized spacial score (nSPS) is 18.2. The lowest BCUT2D eigenvalue weighted by Gasteiger charge is -2.27. The number of hydrogen-bond acceptors (Lipinski definition) is 6. The fourth-order valence-electron chi connectivity index (χ4n) is 3.29. The van der Waals surface area contributed by atoms with E-state index in [0.717, 1.165) is 11.1 Å². The molecule has 1 aliphatic heterocycles. The number of nitrogens with one attached hydrogen (secondary N) is 1. The van der Waals surface area contributed by atoms with Crippen LogP contribution in [0.1, 0.15) is 35.0 Å². The van der Waals surface area contributed by atoms with E-state index in [-0.39, 0.29) is 29.1 Å². The topological polar surface area (TPSA) is 92.3 Å². The third kappa shape index (κ3) is 4.63. The highest BCUT2D eigenvalue weighted by atomic mass is 32.2. The minimum absolute atomic E-state index is 0.0879. The van der Waals surface area contributed by atoms with E-state index in [1.54, 1.807) is 0 Å². The summed E-state index contributed by atoms with van der Waals surface area (Å²) < 4.78 is 23.5. The Hall–Kier alpha value is -2.48. The van der Waals surface area contributed by atoms with Crippen molar-refractivity contribution >= 4 is 21.6 Å². The summed E-state index contributed by atoms with van der Waals surface area (Å²) in [5.41, 5.74) is 2.40. The summed E-state index contributed by atoms with van der Waals surface area (Å²) in [5, 5.41) is 2.85. The molecule has 0 spiro atoms. The van der Waals surface area contributed by atoms with Crippen molar-refractivity contribution in [1.29, 1.82) is 0 Å². The van der Waals surface area contributed by atoms with Gasteiger partial charge in [0.15, 0.2) is 9.84 Å². The number of rotatable bonds is 6. The molecule has 0 radical (unpaired) electrons. The highest BCUT2D eigenvalue weighted by Crippen LogP contribution is 2.22. The van der Waals surface area contributed by atoms with Gasteiger partial charge in [0.2, 0.25) is 0 Å². The van der Waals surface area contributed by atoms with Crippen LogP contribution < -0.4 is 10.2 Å². The summed E-state index contributed by atoms with van der Waals surface area (Å²) >= 11 is 0. The molecule has 1 saturated heterocycles. The zero-order valence-corrected chi connectivity index (χ0v) is 16.4. The average molecular weight is 388 g/mol. The van der Waals surface area contributed by atoms with Gasteiger partial charge < -0.3 is 10.2 Å². The van der Waals surface area contributed by atoms with Crippen LogP contribution in [0.3, 0.4) is 0 Å². The second-order valence-corrected chi connectivity index (χ2v) is 8.94. The van der Waals surface area contributed by atoms with Gasteiger partial charge in [-0.2, -0.15) is 0 Å². The van der Waals surface area contributed by atoms with E-state index < -0.39 is 9.84 Å². The van der Waals surface area contributed by atoms with E-state index in [9.17, 15) is 13.2 Å². The maximum atomic E-state index is 12.3. The van der Waals surface area contributed by atoms with Crippen LogP contribution in [-0.4, -0.2) is 48.4 Å². The molecule has 0 saturated carbocycles. The van der Waals surface area contributed by atoms with Crippen LogP contribution in [0.25, 0.3) is 0 Å². The summed E-state index contributed by atoms with van der Waals surface area (Å²) in [6, 6.07) is 7.78. The molecule has 0 bridgehead atoms. The summed E-state index contributed by atoms with van der Waals surface area (Å²) in [6.45, 7) is 5.01. The molecule has 7 nitrogen and oxygen atoms in total. The van der Waals surface area contributed by atoms with Crippen molar-refractivity contribution in [1.82, 2.24) is 15.3 Å². The zero-order chi connectivity index (χ0) is 19.4. The van der Waals surface area contributed by atoms with Crippen molar-refractivity contribution in [2.24, 2.45) is 0 Å². The molecule has 3 rings (SSSR count). The van der Waals surface area contributed by atoms with Gasteiger partial charge in [-0.05, 0) is 31.4 Å². The molecule has 2 aromatic rings. The molecule has 1 aromatic carbocycles. The lowest BCUT2D eigenvalue weighted by atomic mass is 10.1. The molecule has 1 fully saturated rings. The standard InChI is InChI=1S/C19H24N4O3S/c1-3-23(16-8-9-27(25,26)13-16)18-12-20-17(11-21-18)19(24)22-10-15-7-5-4-6-14(15)2/h4-7,11-12,16H,3,8-10,13H2,1-2H3,(H,22,24). The summed E-state index contributed by atoms with van der Waals surface area (Å²) in [7, 11) is -2.97. The lowest BCUT2D eigenvalue weighted by Crippen LogP contribution is -2.37. The first kappa shape index (κ1) is 19.3. The Morgan fingerprint density at radius 2 is 2.04 bits per heavy atom. The summed E-state index contributed by atoms with van der Waals surface area (Å²) in [5.74, 6) is 0.654. The van der Waals surface area contributed by atoms with Crippen LogP contribution in [0, 0.1) is 6.92 Å². The zero-order valence-electron chi connectivity index (χ0n) is 15.6. The molecule has 2 heterocycles. The van der Waals surface area contributed by atoms with Crippen molar-refractivity contribution in [2.45, 2.75) is 32.9 Å². The van der Waals surface area contributed by atoms with Gasteiger partial charge in [0.05, 0.1) is 23.9 Å². The van der Waals surface area contributed by atoms with Gasteiger partial charge in [0.1, 0.15) is 11.5 Å². The number of carbonyl (C=O) groups excluding carboxylic acids is 1. The number of anilines is 1. The fourth-order valence-corrected chi connectivity index (χ4v) is 5.02. The van der Waals surface area contributed by atoms with Crippen molar-refractivity contribution in [3.63, 3.8) is 0 Å². The second-order valence-electron chi connectivity index (χ2n) is 6.71. The van der Waals surface area contributed by atoms with Crippen LogP contribution in [0.4, 0.5) is 5.82 Å². The maximum Gasteiger partial charge on any atom is 0.271 e. The van der Waals surface area contributed by atoms with Crippen molar-refractivity contribution < 1.29 is 13.2 Å². The number of aromatic nitrogens is 2. The first-order valence-corrected chi connectivity index (χ1v) is 10.8. The van der Waals surface area contributed by atoms with E-state index in [1.165, 1.54) is 12.4 Å². The highest BCUT2D eigenvalue weighted by molar-refractivity contribution is 7.91. The Balaban J connectivity index is 1.65. The third-order valence-electron chi connectivity index (χ3n) is 4.86. The van der Waals surface area contributed by atoms with Gasteiger partial charge in [-0.3, -0.25) is 4.79 Å². The van der Waals surface area contributed by atoms with Gasteiger partial charge in [-0.25, -0.2) is 18.4 Å². The largest absolute Gasteiger partial charge is 0.352 e. The van der Waals surface area contributed by atoms with Gasteiger partial charge in [0, 0.05) is 19.1 Å². The summed E-state index contributed by atoms with van der Waals surface area (Å²) in [4.78, 5) is 22.8. The molecule has 8 heteroatoms. The molecule has 0 aliphatic carbocycles. The minimum Gasteiger partial charge on any atom is -0.352 e. The molecule has 1 aliphatic rings. The average Bonchev–Trinajstić information content (AvgIpc) is 3.01. The van der Waals surface area contributed by atoms with Crippen molar-refractivity contribution in [2.75, 3.05) is 23.0 Å². The van der Waals surface area contributed by atoms with Crippen LogP contribution >= 0.6 is 0 Å². The Bertz CT molecular complexity index is 913. The van der Waals surface area contributed by atoms with E-state index in [1.807, 2.05) is 43.0 Å². The highest BCUT2D eigenvalue weighted by Gasteiger charge is 2.32. The molecular formula is C19H24N4O3S. The number of carbonyl (C=O) groups is 1.